The summed E-state index contributed by atoms with van der Waals surface area (Å²) in [4.78, 5) is 10.5. The van der Waals surface area contributed by atoms with E-state index in [9.17, 15) is 18.0 Å². The molecule has 4 nitrogen and oxygen atoms in total. The Morgan fingerprint density at radius 1 is 1.56 bits per heavy atom. The molecule has 1 heterocycles. The lowest BCUT2D eigenvalue weighted by molar-refractivity contribution is -0.192. The third-order valence-corrected chi connectivity index (χ3v) is 2.45. The van der Waals surface area contributed by atoms with Crippen LogP contribution in [0.25, 0.3) is 0 Å². The zero-order chi connectivity index (χ0) is 13.8. The number of carboxylic acid groups (broad SMARTS) is 1. The molecule has 0 amide bonds. The molecule has 2 N–H and O–H groups in total. The first kappa shape index (κ1) is 14.6. The largest absolute Gasteiger partial charge is 0.481 e. The summed E-state index contributed by atoms with van der Waals surface area (Å²) in [6, 6.07) is 3.08. The number of nitrogens with one attached hydrogen (secondary N) is 1. The maximum absolute atomic E-state index is 12.4. The number of hydrogen-bond acceptors (Lipinski definition) is 3. The van der Waals surface area contributed by atoms with Crippen LogP contribution < -0.4 is 5.32 Å². The first-order valence-electron chi connectivity index (χ1n) is 5.36. The maximum atomic E-state index is 12.4. The Morgan fingerprint density at radius 2 is 2.22 bits per heavy atom. The van der Waals surface area contributed by atoms with Crippen molar-refractivity contribution in [3.63, 3.8) is 0 Å². The van der Waals surface area contributed by atoms with Crippen LogP contribution in [-0.4, -0.2) is 29.8 Å². The summed E-state index contributed by atoms with van der Waals surface area (Å²) < 4.78 is 42.1. The molecule has 0 bridgehead atoms. The van der Waals surface area contributed by atoms with Gasteiger partial charge < -0.3 is 14.8 Å². The minimum atomic E-state index is -4.75. The number of hydrogen-bond donors (Lipinski definition) is 2. The number of alkyl halides is 3. The zero-order valence-corrected chi connectivity index (χ0v) is 9.70. The molecular weight excluding hydrogens is 251 g/mol. The van der Waals surface area contributed by atoms with Crippen molar-refractivity contribution < 1.29 is 27.5 Å². The number of aliphatic carboxylic acids is 1. The Morgan fingerprint density at radius 3 is 2.67 bits per heavy atom. The lowest BCUT2D eigenvalue weighted by Gasteiger charge is -2.19. The van der Waals surface area contributed by atoms with Crippen molar-refractivity contribution in [1.82, 2.24) is 5.32 Å². The summed E-state index contributed by atoms with van der Waals surface area (Å²) in [5.74, 6) is -3.63. The van der Waals surface area contributed by atoms with Gasteiger partial charge in [-0.15, -0.1) is 0 Å². The summed E-state index contributed by atoms with van der Waals surface area (Å²) in [6.07, 6.45) is -2.88. The predicted molar refractivity (Wildman–Crippen MR) is 57.1 cm³/mol. The third kappa shape index (κ3) is 4.40. The van der Waals surface area contributed by atoms with Crippen LogP contribution in [0.15, 0.2) is 22.8 Å². The molecule has 0 saturated heterocycles. The summed E-state index contributed by atoms with van der Waals surface area (Å²) in [5, 5.41) is 11.0. The van der Waals surface area contributed by atoms with E-state index in [1.807, 2.05) is 0 Å². The minimum Gasteiger partial charge on any atom is -0.481 e. The summed E-state index contributed by atoms with van der Waals surface area (Å²) >= 11 is 0. The van der Waals surface area contributed by atoms with Gasteiger partial charge in [0.1, 0.15) is 5.76 Å². The van der Waals surface area contributed by atoms with Gasteiger partial charge in [-0.05, 0) is 19.1 Å². The van der Waals surface area contributed by atoms with Gasteiger partial charge >= 0.3 is 12.1 Å². The quantitative estimate of drug-likeness (QED) is 0.826. The van der Waals surface area contributed by atoms with Crippen LogP contribution in [0.3, 0.4) is 0 Å². The molecule has 0 fully saturated rings. The molecule has 2 atom stereocenters. The molecule has 0 radical (unpaired) electrons. The average molecular weight is 265 g/mol. The Bertz CT molecular complexity index is 375. The van der Waals surface area contributed by atoms with Crippen LogP contribution in [0.5, 0.6) is 0 Å². The van der Waals surface area contributed by atoms with E-state index in [2.05, 4.69) is 5.32 Å². The predicted octanol–water partition coefficient (Wildman–Crippen LogP) is 2.06. The molecule has 0 aromatic carbocycles. The number of furan rings is 1. The molecule has 2 unspecified atom stereocenters. The fourth-order valence-electron chi connectivity index (χ4n) is 1.46. The third-order valence-electron chi connectivity index (χ3n) is 2.45. The Kier molecular flexibility index (Phi) is 4.77. The number of carboxylic acids is 1. The van der Waals surface area contributed by atoms with Gasteiger partial charge in [-0.25, -0.2) is 0 Å². The van der Waals surface area contributed by atoms with E-state index in [0.717, 1.165) is 0 Å². The smallest absolute Gasteiger partial charge is 0.403 e. The highest BCUT2D eigenvalue weighted by molar-refractivity contribution is 5.71. The monoisotopic (exact) mass is 265 g/mol. The molecule has 0 saturated carbocycles. The van der Waals surface area contributed by atoms with Crippen molar-refractivity contribution >= 4 is 5.97 Å². The lowest BCUT2D eigenvalue weighted by Crippen LogP contribution is -2.42. The number of halogens is 3. The maximum Gasteiger partial charge on any atom is 0.403 e. The highest BCUT2D eigenvalue weighted by Crippen LogP contribution is 2.26. The molecule has 102 valence electrons. The van der Waals surface area contributed by atoms with Crippen LogP contribution in [0, 0.1) is 5.92 Å². The molecule has 0 aliphatic carbocycles. The van der Waals surface area contributed by atoms with Crippen molar-refractivity contribution in [2.24, 2.45) is 5.92 Å². The molecule has 0 aliphatic heterocycles. The van der Waals surface area contributed by atoms with E-state index >= 15 is 0 Å². The first-order valence-corrected chi connectivity index (χ1v) is 5.36. The first-order chi connectivity index (χ1) is 8.30. The van der Waals surface area contributed by atoms with E-state index in [-0.39, 0.29) is 6.04 Å². The van der Waals surface area contributed by atoms with E-state index in [1.165, 1.54) is 6.26 Å². The fourth-order valence-corrected chi connectivity index (χ4v) is 1.46. The zero-order valence-electron chi connectivity index (χ0n) is 9.70. The molecule has 1 aromatic heterocycles. The highest BCUT2D eigenvalue weighted by Gasteiger charge is 2.44. The molecule has 0 aliphatic rings. The number of carbonyl (C=O) groups is 1. The summed E-state index contributed by atoms with van der Waals surface area (Å²) in [5.41, 5.74) is 0. The van der Waals surface area contributed by atoms with E-state index in [1.54, 1.807) is 19.1 Å². The second-order valence-electron chi connectivity index (χ2n) is 4.03. The van der Waals surface area contributed by atoms with Crippen LogP contribution in [0.4, 0.5) is 13.2 Å². The fraction of sp³-hybridized carbons (Fsp3) is 0.545. The molecule has 1 rings (SSSR count). The Labute approximate surface area is 102 Å². The van der Waals surface area contributed by atoms with Gasteiger partial charge in [0, 0.05) is 19.0 Å². The lowest BCUT2D eigenvalue weighted by atomic mass is 10.1. The van der Waals surface area contributed by atoms with Gasteiger partial charge in [0.25, 0.3) is 0 Å². The van der Waals surface area contributed by atoms with Crippen molar-refractivity contribution in [2.45, 2.75) is 25.6 Å². The van der Waals surface area contributed by atoms with Crippen molar-refractivity contribution in [1.29, 1.82) is 0 Å². The van der Waals surface area contributed by atoms with Gasteiger partial charge in [0.15, 0.2) is 5.92 Å². The van der Waals surface area contributed by atoms with Gasteiger partial charge in [-0.1, -0.05) is 0 Å². The molecule has 7 heteroatoms. The van der Waals surface area contributed by atoms with E-state index in [0.29, 0.717) is 12.2 Å². The topological polar surface area (TPSA) is 62.5 Å². The normalized spacial score (nSPS) is 15.3. The summed E-state index contributed by atoms with van der Waals surface area (Å²) in [7, 11) is 0. The van der Waals surface area contributed by atoms with Crippen LogP contribution in [0.2, 0.25) is 0 Å². The average Bonchev–Trinajstić information content (AvgIpc) is 2.67. The second kappa shape index (κ2) is 5.90. The Balaban J connectivity index is 2.45. The molecule has 0 spiro atoms. The van der Waals surface area contributed by atoms with Gasteiger partial charge in [-0.3, -0.25) is 4.79 Å². The number of rotatable bonds is 6. The van der Waals surface area contributed by atoms with E-state index in [4.69, 9.17) is 9.52 Å². The molecule has 1 aromatic rings. The minimum absolute atomic E-state index is 0.305. The van der Waals surface area contributed by atoms with Gasteiger partial charge in [-0.2, -0.15) is 13.2 Å². The standard InChI is InChI=1S/C11H14F3NO3/c1-7(5-8-3-2-4-18-8)15-6-9(10(16)17)11(12,13)14/h2-4,7,9,15H,5-6H2,1H3,(H,16,17). The second-order valence-corrected chi connectivity index (χ2v) is 4.03. The SMILES string of the molecule is CC(Cc1ccco1)NCC(C(=O)O)C(F)(F)F. The van der Waals surface area contributed by atoms with Crippen molar-refractivity contribution in [3.05, 3.63) is 24.2 Å². The summed E-state index contributed by atoms with van der Waals surface area (Å²) in [6.45, 7) is 1.01. The van der Waals surface area contributed by atoms with Crippen LogP contribution in [-0.2, 0) is 11.2 Å². The van der Waals surface area contributed by atoms with Gasteiger partial charge in [0.2, 0.25) is 0 Å². The van der Waals surface area contributed by atoms with Crippen molar-refractivity contribution in [2.75, 3.05) is 6.54 Å². The molecular formula is C11H14F3NO3. The van der Waals surface area contributed by atoms with E-state index < -0.39 is 24.6 Å². The van der Waals surface area contributed by atoms with Gasteiger partial charge in [0.05, 0.1) is 6.26 Å². The van der Waals surface area contributed by atoms with Crippen LogP contribution in [0.1, 0.15) is 12.7 Å². The Hall–Kier alpha value is -1.50. The van der Waals surface area contributed by atoms with Crippen LogP contribution >= 0.6 is 0 Å². The van der Waals surface area contributed by atoms with Crippen molar-refractivity contribution in [3.8, 4) is 0 Å². The molecule has 18 heavy (non-hydrogen) atoms. The highest BCUT2D eigenvalue weighted by atomic mass is 19.4.